The Morgan fingerprint density at radius 2 is 1.64 bits per heavy atom. The molecule has 192 valence electrons. The van der Waals surface area contributed by atoms with Gasteiger partial charge >= 0.3 is 12.2 Å². The second-order valence-corrected chi connectivity index (χ2v) is 10.4. The van der Waals surface area contributed by atoms with Crippen LogP contribution in [-0.2, 0) is 20.9 Å². The Morgan fingerprint density at radius 1 is 0.972 bits per heavy atom. The maximum Gasteiger partial charge on any atom is 0.410 e. The van der Waals surface area contributed by atoms with E-state index in [0.29, 0.717) is 26.1 Å². The van der Waals surface area contributed by atoms with Crippen LogP contribution >= 0.6 is 0 Å². The van der Waals surface area contributed by atoms with Crippen molar-refractivity contribution in [2.45, 2.75) is 63.8 Å². The smallest absolute Gasteiger partial charge is 0.410 e. The van der Waals surface area contributed by atoms with Crippen molar-refractivity contribution in [2.75, 3.05) is 19.6 Å². The summed E-state index contributed by atoms with van der Waals surface area (Å²) >= 11 is 0. The molecular formula is C28H35N3O5. The van der Waals surface area contributed by atoms with Gasteiger partial charge in [0.25, 0.3) is 0 Å². The van der Waals surface area contributed by atoms with Crippen molar-refractivity contribution in [2.24, 2.45) is 0 Å². The van der Waals surface area contributed by atoms with Gasteiger partial charge in [-0.3, -0.25) is 4.79 Å². The molecule has 0 aliphatic carbocycles. The Balaban J connectivity index is 1.44. The first kappa shape index (κ1) is 25.5. The van der Waals surface area contributed by atoms with Gasteiger partial charge in [-0.25, -0.2) is 9.59 Å². The van der Waals surface area contributed by atoms with E-state index in [2.05, 4.69) is 17.4 Å². The lowest BCUT2D eigenvalue weighted by molar-refractivity contribution is -0.132. The first-order chi connectivity index (χ1) is 17.2. The van der Waals surface area contributed by atoms with Crippen molar-refractivity contribution in [3.63, 3.8) is 0 Å². The fourth-order valence-corrected chi connectivity index (χ4v) is 4.90. The van der Waals surface area contributed by atoms with Crippen LogP contribution in [-0.4, -0.2) is 65.2 Å². The lowest BCUT2D eigenvalue weighted by Crippen LogP contribution is -2.55. The molecule has 0 aromatic heterocycles. The first-order valence-corrected chi connectivity index (χ1v) is 12.5. The quantitative estimate of drug-likeness (QED) is 0.671. The highest BCUT2D eigenvalue weighted by Crippen LogP contribution is 2.34. The molecule has 2 fully saturated rings. The van der Waals surface area contributed by atoms with Gasteiger partial charge in [0, 0.05) is 25.6 Å². The van der Waals surface area contributed by atoms with Crippen molar-refractivity contribution >= 4 is 18.1 Å². The van der Waals surface area contributed by atoms with E-state index < -0.39 is 17.7 Å². The van der Waals surface area contributed by atoms with Crippen LogP contribution in [0.5, 0.6) is 0 Å². The van der Waals surface area contributed by atoms with Gasteiger partial charge in [-0.05, 0) is 44.7 Å². The maximum absolute atomic E-state index is 13.4. The largest absolute Gasteiger partial charge is 0.445 e. The van der Waals surface area contributed by atoms with Crippen molar-refractivity contribution < 1.29 is 23.9 Å². The number of hydrogen-bond acceptors (Lipinski definition) is 5. The molecule has 8 heteroatoms. The van der Waals surface area contributed by atoms with E-state index >= 15 is 0 Å². The molecule has 2 aliphatic heterocycles. The summed E-state index contributed by atoms with van der Waals surface area (Å²) in [5, 5.41) is 2.73. The third-order valence-corrected chi connectivity index (χ3v) is 6.61. The van der Waals surface area contributed by atoms with E-state index in [1.807, 2.05) is 74.2 Å². The minimum Gasteiger partial charge on any atom is -0.445 e. The molecule has 1 unspecified atom stereocenters. The van der Waals surface area contributed by atoms with Gasteiger partial charge in [-0.2, -0.15) is 0 Å². The number of amides is 3. The molecule has 2 aliphatic rings. The van der Waals surface area contributed by atoms with Crippen molar-refractivity contribution in [3.8, 4) is 0 Å². The molecule has 0 spiro atoms. The van der Waals surface area contributed by atoms with E-state index in [9.17, 15) is 14.4 Å². The van der Waals surface area contributed by atoms with Gasteiger partial charge in [-0.1, -0.05) is 60.7 Å². The standard InChI is InChI=1S/C28H35N3O5/c1-28(2,3)36-27(34)30-16-14-22(21-12-8-5-9-13-21)24(18-30)31-17-15-23(25(31)32)29-26(33)35-19-20-10-6-4-7-11-20/h4-13,22-24H,14-19H2,1-3H3,(H,29,33)/t22-,23?,24+/m0/s1. The van der Waals surface area contributed by atoms with E-state index in [1.54, 1.807) is 4.90 Å². The van der Waals surface area contributed by atoms with Crippen LogP contribution in [0.1, 0.15) is 50.7 Å². The summed E-state index contributed by atoms with van der Waals surface area (Å²) in [6.45, 7) is 7.11. The van der Waals surface area contributed by atoms with E-state index in [1.165, 1.54) is 0 Å². The summed E-state index contributed by atoms with van der Waals surface area (Å²) in [5.74, 6) is -0.0683. The van der Waals surface area contributed by atoms with Crippen LogP contribution in [0.2, 0.25) is 0 Å². The number of nitrogens with zero attached hydrogens (tertiary/aromatic N) is 2. The zero-order chi connectivity index (χ0) is 25.7. The van der Waals surface area contributed by atoms with Gasteiger partial charge in [0.1, 0.15) is 18.2 Å². The van der Waals surface area contributed by atoms with Crippen LogP contribution < -0.4 is 5.32 Å². The highest BCUT2D eigenvalue weighted by molar-refractivity contribution is 5.88. The Hall–Kier alpha value is -3.55. The summed E-state index contributed by atoms with van der Waals surface area (Å²) < 4.78 is 10.9. The molecule has 0 bridgehead atoms. The summed E-state index contributed by atoms with van der Waals surface area (Å²) in [7, 11) is 0. The number of benzene rings is 2. The number of rotatable bonds is 5. The Kier molecular flexibility index (Phi) is 7.82. The van der Waals surface area contributed by atoms with Crippen molar-refractivity contribution in [1.29, 1.82) is 0 Å². The number of carbonyl (C=O) groups excluding carboxylic acids is 3. The summed E-state index contributed by atoms with van der Waals surface area (Å²) in [4.78, 5) is 42.1. The maximum atomic E-state index is 13.4. The molecule has 2 saturated heterocycles. The van der Waals surface area contributed by atoms with Crippen LogP contribution in [0, 0.1) is 0 Å². The lowest BCUT2D eigenvalue weighted by atomic mass is 9.84. The van der Waals surface area contributed by atoms with Crippen molar-refractivity contribution in [3.05, 3.63) is 71.8 Å². The summed E-state index contributed by atoms with van der Waals surface area (Å²) in [6.07, 6.45) is 0.223. The number of ether oxygens (including phenoxy) is 2. The number of nitrogens with one attached hydrogen (secondary N) is 1. The molecule has 3 amide bonds. The number of alkyl carbamates (subject to hydrolysis) is 1. The second kappa shape index (κ2) is 11.0. The zero-order valence-electron chi connectivity index (χ0n) is 21.2. The topological polar surface area (TPSA) is 88.2 Å². The highest BCUT2D eigenvalue weighted by atomic mass is 16.6. The van der Waals surface area contributed by atoms with Gasteiger partial charge in [0.15, 0.2) is 0 Å². The average Bonchev–Trinajstić information content (AvgIpc) is 3.22. The molecule has 0 saturated carbocycles. The van der Waals surface area contributed by atoms with Gasteiger partial charge < -0.3 is 24.6 Å². The van der Waals surface area contributed by atoms with Crippen LogP contribution in [0.3, 0.4) is 0 Å². The Bertz CT molecular complexity index is 1050. The fourth-order valence-electron chi connectivity index (χ4n) is 4.90. The molecule has 4 rings (SSSR count). The van der Waals surface area contributed by atoms with Crippen molar-refractivity contribution in [1.82, 2.24) is 15.1 Å². The van der Waals surface area contributed by atoms with Gasteiger partial charge in [0.2, 0.25) is 5.91 Å². The molecule has 2 aromatic carbocycles. The van der Waals surface area contributed by atoms with E-state index in [-0.39, 0.29) is 30.6 Å². The lowest BCUT2D eigenvalue weighted by Gasteiger charge is -2.43. The average molecular weight is 494 g/mol. The first-order valence-electron chi connectivity index (χ1n) is 12.5. The third-order valence-electron chi connectivity index (χ3n) is 6.61. The molecule has 1 N–H and O–H groups in total. The van der Waals surface area contributed by atoms with Gasteiger partial charge in [-0.15, -0.1) is 0 Å². The van der Waals surface area contributed by atoms with E-state index in [4.69, 9.17) is 9.47 Å². The number of hydrogen-bond donors (Lipinski definition) is 1. The predicted molar refractivity (Wildman–Crippen MR) is 135 cm³/mol. The van der Waals surface area contributed by atoms with Gasteiger partial charge in [0.05, 0.1) is 6.04 Å². The fraction of sp³-hybridized carbons (Fsp3) is 0.464. The van der Waals surface area contributed by atoms with Crippen LogP contribution in [0.25, 0.3) is 0 Å². The normalized spacial score (nSPS) is 22.3. The number of likely N-dealkylation sites (tertiary alicyclic amines) is 2. The van der Waals surface area contributed by atoms with Crippen LogP contribution in [0.4, 0.5) is 9.59 Å². The van der Waals surface area contributed by atoms with E-state index in [0.717, 1.165) is 17.5 Å². The van der Waals surface area contributed by atoms with Crippen LogP contribution in [0.15, 0.2) is 60.7 Å². The summed E-state index contributed by atoms with van der Waals surface area (Å²) in [6, 6.07) is 18.6. The Morgan fingerprint density at radius 3 is 2.31 bits per heavy atom. The third kappa shape index (κ3) is 6.36. The number of carbonyl (C=O) groups is 3. The minimum atomic E-state index is -0.651. The summed E-state index contributed by atoms with van der Waals surface area (Å²) in [5.41, 5.74) is 1.42. The Labute approximate surface area is 212 Å². The highest BCUT2D eigenvalue weighted by Gasteiger charge is 2.44. The monoisotopic (exact) mass is 493 g/mol. The molecule has 0 radical (unpaired) electrons. The zero-order valence-corrected chi connectivity index (χ0v) is 21.2. The number of piperidine rings is 1. The molecule has 8 nitrogen and oxygen atoms in total. The molecule has 2 aromatic rings. The molecule has 2 heterocycles. The predicted octanol–water partition coefficient (Wildman–Crippen LogP) is 4.31. The molecule has 36 heavy (non-hydrogen) atoms. The molecule has 3 atom stereocenters. The molecular weight excluding hydrogens is 458 g/mol. The second-order valence-electron chi connectivity index (χ2n) is 10.4. The minimum absolute atomic E-state index is 0.0811. The SMILES string of the molecule is CC(C)(C)OC(=O)N1CC[C@@H](c2ccccc2)[C@H](N2CCC(NC(=O)OCc3ccccc3)C2=O)C1.